The molecule has 7 nitrogen and oxygen atoms in total. The smallest absolute Gasteiger partial charge is 0.221 e. The van der Waals surface area contributed by atoms with E-state index in [1.165, 1.54) is 6.92 Å². The van der Waals surface area contributed by atoms with E-state index in [4.69, 9.17) is 4.98 Å². The fraction of sp³-hybridized carbons (Fsp3) is 0.0870. The molecular weight excluding hydrogens is 376 g/mol. The van der Waals surface area contributed by atoms with Crippen molar-refractivity contribution in [2.24, 2.45) is 0 Å². The zero-order valence-corrected chi connectivity index (χ0v) is 16.4. The van der Waals surface area contributed by atoms with Crippen molar-refractivity contribution >= 4 is 34.0 Å². The number of hydrazine groups is 2. The quantitative estimate of drug-likeness (QED) is 0.482. The maximum Gasteiger partial charge on any atom is 0.221 e. The van der Waals surface area contributed by atoms with Gasteiger partial charge in [-0.2, -0.15) is 0 Å². The van der Waals surface area contributed by atoms with E-state index >= 15 is 0 Å². The Balaban J connectivity index is 1.43. The lowest BCUT2D eigenvalue weighted by Gasteiger charge is -2.17. The van der Waals surface area contributed by atoms with Crippen molar-refractivity contribution in [3.63, 3.8) is 0 Å². The van der Waals surface area contributed by atoms with Crippen molar-refractivity contribution in [2.45, 2.75) is 13.5 Å². The number of carbonyl (C=O) groups is 1. The summed E-state index contributed by atoms with van der Waals surface area (Å²) in [6.45, 7) is 2.14. The fourth-order valence-corrected chi connectivity index (χ4v) is 3.57. The van der Waals surface area contributed by atoms with E-state index < -0.39 is 0 Å². The Labute approximate surface area is 173 Å². The number of fused-ring (bicyclic) bond motifs is 2. The number of amides is 1. The van der Waals surface area contributed by atoms with Crippen molar-refractivity contribution in [3.8, 4) is 11.3 Å². The van der Waals surface area contributed by atoms with Crippen LogP contribution in [0.4, 0.5) is 17.2 Å². The summed E-state index contributed by atoms with van der Waals surface area (Å²) in [6, 6.07) is 21.9. The molecule has 0 bridgehead atoms. The van der Waals surface area contributed by atoms with Gasteiger partial charge in [0.2, 0.25) is 5.91 Å². The minimum Gasteiger partial charge on any atom is -0.326 e. The molecule has 2 aromatic heterocycles. The van der Waals surface area contributed by atoms with E-state index in [0.29, 0.717) is 6.54 Å². The molecular formula is C23H20N6O. The maximum absolute atomic E-state index is 11.4. The molecule has 148 valence electrons. The second-order valence-corrected chi connectivity index (χ2v) is 7.18. The van der Waals surface area contributed by atoms with Gasteiger partial charge in [-0.3, -0.25) is 14.8 Å². The molecule has 2 aromatic carbocycles. The van der Waals surface area contributed by atoms with E-state index in [1.54, 1.807) is 6.20 Å². The van der Waals surface area contributed by atoms with Gasteiger partial charge >= 0.3 is 0 Å². The average Bonchev–Trinajstić information content (AvgIpc) is 3.15. The highest BCUT2D eigenvalue weighted by atomic mass is 16.1. The van der Waals surface area contributed by atoms with Crippen LogP contribution < -0.4 is 21.3 Å². The Hall–Kier alpha value is -3.97. The molecule has 0 saturated carbocycles. The number of pyridine rings is 2. The summed E-state index contributed by atoms with van der Waals surface area (Å²) in [7, 11) is 0. The molecule has 0 atom stereocenters. The Morgan fingerprint density at radius 3 is 2.90 bits per heavy atom. The van der Waals surface area contributed by atoms with Gasteiger partial charge in [0, 0.05) is 29.8 Å². The molecule has 0 radical (unpaired) electrons. The lowest BCUT2D eigenvalue weighted by atomic mass is 10.1. The maximum atomic E-state index is 11.4. The summed E-state index contributed by atoms with van der Waals surface area (Å²) in [6.07, 6.45) is 1.80. The molecule has 5 rings (SSSR count). The Kier molecular flexibility index (Phi) is 4.49. The van der Waals surface area contributed by atoms with E-state index in [1.807, 2.05) is 53.5 Å². The lowest BCUT2D eigenvalue weighted by molar-refractivity contribution is -0.114. The van der Waals surface area contributed by atoms with Crippen LogP contribution >= 0.6 is 0 Å². The molecule has 1 aliphatic heterocycles. The molecule has 0 spiro atoms. The lowest BCUT2D eigenvalue weighted by Crippen LogP contribution is -2.35. The van der Waals surface area contributed by atoms with Crippen molar-refractivity contribution in [1.82, 2.24) is 15.5 Å². The van der Waals surface area contributed by atoms with Gasteiger partial charge in [-0.1, -0.05) is 24.3 Å². The van der Waals surface area contributed by atoms with E-state index in [9.17, 15) is 4.79 Å². The van der Waals surface area contributed by atoms with E-state index in [0.717, 1.165) is 44.9 Å². The molecule has 0 unspecified atom stereocenters. The van der Waals surface area contributed by atoms with Crippen molar-refractivity contribution < 1.29 is 4.79 Å². The second kappa shape index (κ2) is 7.46. The SMILES string of the molecule is CC(=O)Nc1cccc(-c2ccc3c(n2)N(Cc2ccc4ncccc4c2)NN3)c1. The van der Waals surface area contributed by atoms with Crippen LogP contribution in [0.5, 0.6) is 0 Å². The summed E-state index contributed by atoms with van der Waals surface area (Å²) in [5.74, 6) is 0.725. The first kappa shape index (κ1) is 18.1. The van der Waals surface area contributed by atoms with Crippen LogP contribution in [-0.2, 0) is 11.3 Å². The molecule has 3 heterocycles. The highest BCUT2D eigenvalue weighted by Crippen LogP contribution is 2.32. The van der Waals surface area contributed by atoms with Gasteiger partial charge in [-0.15, -0.1) is 5.53 Å². The average molecular weight is 396 g/mol. The van der Waals surface area contributed by atoms with Crippen molar-refractivity contribution in [1.29, 1.82) is 0 Å². The standard InChI is InChI=1S/C23H20N6O/c1-15(30)25-19-6-2-4-18(13-19)21-9-10-22-23(26-21)29(28-27-22)14-16-7-8-20-17(12-16)5-3-11-24-20/h2-13,27-28H,14H2,1H3,(H,25,30). The molecule has 30 heavy (non-hydrogen) atoms. The van der Waals surface area contributed by atoms with Gasteiger partial charge in [0.05, 0.1) is 23.4 Å². The molecule has 1 aliphatic rings. The number of anilines is 3. The zero-order valence-electron chi connectivity index (χ0n) is 16.4. The summed E-state index contributed by atoms with van der Waals surface area (Å²) in [4.78, 5) is 20.6. The van der Waals surface area contributed by atoms with Crippen LogP contribution in [-0.4, -0.2) is 15.9 Å². The van der Waals surface area contributed by atoms with Gasteiger partial charge in [-0.05, 0) is 48.0 Å². The molecule has 3 N–H and O–H groups in total. The number of benzene rings is 2. The molecule has 4 aromatic rings. The highest BCUT2D eigenvalue weighted by molar-refractivity contribution is 5.89. The van der Waals surface area contributed by atoms with Gasteiger partial charge in [0.1, 0.15) is 0 Å². The molecule has 1 amide bonds. The predicted octanol–water partition coefficient (Wildman–Crippen LogP) is 4.11. The summed E-state index contributed by atoms with van der Waals surface area (Å²) in [5, 5.41) is 5.91. The van der Waals surface area contributed by atoms with Crippen LogP contribution in [0.3, 0.4) is 0 Å². The van der Waals surface area contributed by atoms with Crippen LogP contribution in [0.2, 0.25) is 0 Å². The third-order valence-electron chi connectivity index (χ3n) is 4.94. The van der Waals surface area contributed by atoms with E-state index in [-0.39, 0.29) is 5.91 Å². The highest BCUT2D eigenvalue weighted by Gasteiger charge is 2.21. The van der Waals surface area contributed by atoms with Gasteiger partial charge < -0.3 is 10.7 Å². The minimum absolute atomic E-state index is 0.0979. The number of carbonyl (C=O) groups excluding carboxylic acids is 1. The van der Waals surface area contributed by atoms with Gasteiger partial charge in [0.15, 0.2) is 5.82 Å². The van der Waals surface area contributed by atoms with Gasteiger partial charge in [0.25, 0.3) is 0 Å². The second-order valence-electron chi connectivity index (χ2n) is 7.18. The first-order chi connectivity index (χ1) is 14.7. The fourth-order valence-electron chi connectivity index (χ4n) is 3.57. The minimum atomic E-state index is -0.0979. The summed E-state index contributed by atoms with van der Waals surface area (Å²) in [5.41, 5.74) is 11.9. The summed E-state index contributed by atoms with van der Waals surface area (Å²) >= 11 is 0. The van der Waals surface area contributed by atoms with Crippen molar-refractivity contribution in [3.05, 3.63) is 78.5 Å². The van der Waals surface area contributed by atoms with Gasteiger partial charge in [-0.25, -0.2) is 4.98 Å². The number of nitrogens with one attached hydrogen (secondary N) is 3. The zero-order chi connectivity index (χ0) is 20.5. The van der Waals surface area contributed by atoms with Crippen LogP contribution in [0.25, 0.3) is 22.2 Å². The first-order valence-corrected chi connectivity index (χ1v) is 9.68. The molecule has 0 aliphatic carbocycles. The first-order valence-electron chi connectivity index (χ1n) is 9.68. The topological polar surface area (TPSA) is 82.2 Å². The Morgan fingerprint density at radius 1 is 1.07 bits per heavy atom. The molecule has 7 heteroatoms. The monoisotopic (exact) mass is 396 g/mol. The Bertz CT molecular complexity index is 1260. The largest absolute Gasteiger partial charge is 0.326 e. The van der Waals surface area contributed by atoms with Crippen LogP contribution in [0, 0.1) is 0 Å². The van der Waals surface area contributed by atoms with Crippen LogP contribution in [0.15, 0.2) is 72.9 Å². The van der Waals surface area contributed by atoms with E-state index in [2.05, 4.69) is 39.5 Å². The number of aromatic nitrogens is 2. The normalized spacial score (nSPS) is 12.5. The third kappa shape index (κ3) is 3.54. The third-order valence-corrected chi connectivity index (χ3v) is 4.94. The number of rotatable bonds is 4. The number of hydrogen-bond acceptors (Lipinski definition) is 6. The summed E-state index contributed by atoms with van der Waals surface area (Å²) < 4.78 is 0. The number of hydrogen-bond donors (Lipinski definition) is 3. The molecule has 0 fully saturated rings. The predicted molar refractivity (Wildman–Crippen MR) is 119 cm³/mol. The number of nitrogens with zero attached hydrogens (tertiary/aromatic N) is 3. The molecule has 0 saturated heterocycles. The Morgan fingerprint density at radius 2 is 2.00 bits per heavy atom. The van der Waals surface area contributed by atoms with Crippen LogP contribution in [0.1, 0.15) is 12.5 Å². The van der Waals surface area contributed by atoms with Crippen molar-refractivity contribution in [2.75, 3.05) is 15.8 Å².